The van der Waals surface area contributed by atoms with Crippen molar-refractivity contribution in [1.82, 2.24) is 5.32 Å². The maximum absolute atomic E-state index is 13.2. The molecule has 0 fully saturated rings. The number of ether oxygens (including phenoxy) is 1. The number of methoxy groups -OCH3 is 1. The van der Waals surface area contributed by atoms with Gasteiger partial charge in [0.15, 0.2) is 0 Å². The van der Waals surface area contributed by atoms with Gasteiger partial charge in [0.1, 0.15) is 11.9 Å². The van der Waals surface area contributed by atoms with E-state index in [1.807, 2.05) is 13.8 Å². The molecule has 20 heavy (non-hydrogen) atoms. The van der Waals surface area contributed by atoms with E-state index in [2.05, 4.69) is 10.1 Å². The fourth-order valence-corrected chi connectivity index (χ4v) is 1.81. The van der Waals surface area contributed by atoms with Crippen LogP contribution in [0.3, 0.4) is 0 Å². The number of nitro benzene ring substituents is 1. The van der Waals surface area contributed by atoms with Crippen LogP contribution in [0.15, 0.2) is 18.2 Å². The Bertz CT molecular complexity index is 505. The SMILES string of the molecule is COC(=O)C(NCc1cc(F)ccc1[N+](=O)[O-])C(C)C. The first-order valence-electron chi connectivity index (χ1n) is 6.10. The quantitative estimate of drug-likeness (QED) is 0.491. The third kappa shape index (κ3) is 3.99. The number of nitrogens with one attached hydrogen (secondary N) is 1. The number of benzene rings is 1. The van der Waals surface area contributed by atoms with Crippen molar-refractivity contribution in [1.29, 1.82) is 0 Å². The van der Waals surface area contributed by atoms with Crippen LogP contribution < -0.4 is 5.32 Å². The van der Waals surface area contributed by atoms with Crippen molar-refractivity contribution in [3.63, 3.8) is 0 Å². The molecule has 0 heterocycles. The molecule has 0 aromatic heterocycles. The number of esters is 1. The number of nitro groups is 1. The maximum atomic E-state index is 13.2. The molecule has 0 spiro atoms. The Labute approximate surface area is 116 Å². The van der Waals surface area contributed by atoms with Gasteiger partial charge in [-0.1, -0.05) is 13.8 Å². The second-order valence-corrected chi connectivity index (χ2v) is 4.66. The molecule has 1 aromatic rings. The third-order valence-corrected chi connectivity index (χ3v) is 2.87. The third-order valence-electron chi connectivity index (χ3n) is 2.87. The number of halogens is 1. The molecule has 1 unspecified atom stereocenters. The fourth-order valence-electron chi connectivity index (χ4n) is 1.81. The van der Waals surface area contributed by atoms with Crippen molar-refractivity contribution in [2.45, 2.75) is 26.4 Å². The van der Waals surface area contributed by atoms with Crippen molar-refractivity contribution in [3.05, 3.63) is 39.7 Å². The second kappa shape index (κ2) is 6.95. The zero-order valence-corrected chi connectivity index (χ0v) is 11.6. The summed E-state index contributed by atoms with van der Waals surface area (Å²) in [5, 5.41) is 13.7. The van der Waals surface area contributed by atoms with Crippen molar-refractivity contribution < 1.29 is 18.8 Å². The lowest BCUT2D eigenvalue weighted by Crippen LogP contribution is -2.41. The standard InChI is InChI=1S/C13H17FN2O4/c1-8(2)12(13(17)20-3)15-7-9-6-10(14)4-5-11(9)16(18)19/h4-6,8,12,15H,7H2,1-3H3. The summed E-state index contributed by atoms with van der Waals surface area (Å²) in [5.41, 5.74) is -0.00387. The van der Waals surface area contributed by atoms with E-state index >= 15 is 0 Å². The predicted molar refractivity (Wildman–Crippen MR) is 70.5 cm³/mol. The van der Waals surface area contributed by atoms with Gasteiger partial charge < -0.3 is 4.74 Å². The van der Waals surface area contributed by atoms with Crippen molar-refractivity contribution >= 4 is 11.7 Å². The van der Waals surface area contributed by atoms with E-state index < -0.39 is 22.8 Å². The second-order valence-electron chi connectivity index (χ2n) is 4.66. The van der Waals surface area contributed by atoms with E-state index in [9.17, 15) is 19.3 Å². The molecule has 0 saturated carbocycles. The summed E-state index contributed by atoms with van der Waals surface area (Å²) in [6.07, 6.45) is 0. The van der Waals surface area contributed by atoms with Crippen molar-refractivity contribution in [2.24, 2.45) is 5.92 Å². The van der Waals surface area contributed by atoms with Crippen LogP contribution in [0.5, 0.6) is 0 Å². The van der Waals surface area contributed by atoms with Gasteiger partial charge in [0, 0.05) is 18.2 Å². The number of carbonyl (C=O) groups excluding carboxylic acids is 1. The van der Waals surface area contributed by atoms with E-state index in [-0.39, 0.29) is 23.7 Å². The topological polar surface area (TPSA) is 81.5 Å². The van der Waals surface area contributed by atoms with Gasteiger partial charge in [-0.25, -0.2) is 4.39 Å². The average molecular weight is 284 g/mol. The molecule has 0 amide bonds. The Morgan fingerprint density at radius 3 is 2.65 bits per heavy atom. The van der Waals surface area contributed by atoms with E-state index in [1.54, 1.807) is 0 Å². The monoisotopic (exact) mass is 284 g/mol. The van der Waals surface area contributed by atoms with Crippen LogP contribution in [0.4, 0.5) is 10.1 Å². The van der Waals surface area contributed by atoms with Crippen LogP contribution in [0.2, 0.25) is 0 Å². The average Bonchev–Trinajstić information content (AvgIpc) is 2.37. The summed E-state index contributed by atoms with van der Waals surface area (Å²) < 4.78 is 17.8. The minimum absolute atomic E-state index is 0.00597. The molecule has 1 rings (SSSR count). The van der Waals surface area contributed by atoms with Crippen LogP contribution in [-0.4, -0.2) is 24.0 Å². The smallest absolute Gasteiger partial charge is 0.323 e. The van der Waals surface area contributed by atoms with Gasteiger partial charge in [-0.15, -0.1) is 0 Å². The van der Waals surface area contributed by atoms with Crippen LogP contribution in [0, 0.1) is 21.8 Å². The number of carbonyl (C=O) groups is 1. The Hall–Kier alpha value is -2.02. The molecule has 6 nitrogen and oxygen atoms in total. The van der Waals surface area contributed by atoms with E-state index in [1.165, 1.54) is 7.11 Å². The first kappa shape index (κ1) is 16.0. The summed E-state index contributed by atoms with van der Waals surface area (Å²) >= 11 is 0. The molecule has 0 aliphatic carbocycles. The number of rotatable bonds is 6. The number of nitrogens with zero attached hydrogens (tertiary/aromatic N) is 1. The molecule has 0 aliphatic heterocycles. The van der Waals surface area contributed by atoms with Crippen LogP contribution in [0.1, 0.15) is 19.4 Å². The lowest BCUT2D eigenvalue weighted by Gasteiger charge is -2.19. The summed E-state index contributed by atoms with van der Waals surface area (Å²) in [5.74, 6) is -1.08. The largest absolute Gasteiger partial charge is 0.468 e. The molecule has 0 radical (unpaired) electrons. The number of hydrogen-bond donors (Lipinski definition) is 1. The first-order valence-corrected chi connectivity index (χ1v) is 6.10. The number of hydrogen-bond acceptors (Lipinski definition) is 5. The normalized spacial score (nSPS) is 12.2. The molecule has 0 aliphatic rings. The zero-order chi connectivity index (χ0) is 15.3. The van der Waals surface area contributed by atoms with Gasteiger partial charge >= 0.3 is 5.97 Å². The lowest BCUT2D eigenvalue weighted by molar-refractivity contribution is -0.385. The molecule has 1 N–H and O–H groups in total. The highest BCUT2D eigenvalue weighted by Gasteiger charge is 2.23. The van der Waals surface area contributed by atoms with Gasteiger partial charge in [0.2, 0.25) is 0 Å². The molecule has 1 atom stereocenters. The van der Waals surface area contributed by atoms with Crippen molar-refractivity contribution in [2.75, 3.05) is 7.11 Å². The molecule has 1 aromatic carbocycles. The maximum Gasteiger partial charge on any atom is 0.323 e. The zero-order valence-electron chi connectivity index (χ0n) is 11.6. The highest BCUT2D eigenvalue weighted by Crippen LogP contribution is 2.20. The Balaban J connectivity index is 2.90. The molecule has 0 bridgehead atoms. The van der Waals surface area contributed by atoms with Crippen molar-refractivity contribution in [3.8, 4) is 0 Å². The molecular weight excluding hydrogens is 267 g/mol. The Morgan fingerprint density at radius 2 is 2.15 bits per heavy atom. The summed E-state index contributed by atoms with van der Waals surface area (Å²) in [7, 11) is 1.27. The summed E-state index contributed by atoms with van der Waals surface area (Å²) in [4.78, 5) is 21.8. The summed E-state index contributed by atoms with van der Waals surface area (Å²) in [6, 6.07) is 2.61. The van der Waals surface area contributed by atoms with Gasteiger partial charge in [0.25, 0.3) is 5.69 Å². The van der Waals surface area contributed by atoms with Gasteiger partial charge in [-0.3, -0.25) is 20.2 Å². The highest BCUT2D eigenvalue weighted by atomic mass is 19.1. The van der Waals surface area contributed by atoms with E-state index in [4.69, 9.17) is 0 Å². The van der Waals surface area contributed by atoms with Gasteiger partial charge in [-0.05, 0) is 18.1 Å². The summed E-state index contributed by atoms with van der Waals surface area (Å²) in [6.45, 7) is 3.63. The van der Waals surface area contributed by atoms with Gasteiger partial charge in [-0.2, -0.15) is 0 Å². The van der Waals surface area contributed by atoms with Gasteiger partial charge in [0.05, 0.1) is 12.0 Å². The predicted octanol–water partition coefficient (Wildman–Crippen LogP) is 2.02. The lowest BCUT2D eigenvalue weighted by atomic mass is 10.0. The first-order chi connectivity index (χ1) is 9.36. The van der Waals surface area contributed by atoms with Crippen LogP contribution >= 0.6 is 0 Å². The van der Waals surface area contributed by atoms with E-state index in [0.717, 1.165) is 18.2 Å². The highest BCUT2D eigenvalue weighted by molar-refractivity contribution is 5.75. The minimum Gasteiger partial charge on any atom is -0.468 e. The van der Waals surface area contributed by atoms with Crippen LogP contribution in [0.25, 0.3) is 0 Å². The Kier molecular flexibility index (Phi) is 5.57. The molecule has 7 heteroatoms. The molecule has 0 saturated heterocycles. The molecular formula is C13H17FN2O4. The van der Waals surface area contributed by atoms with Crippen LogP contribution in [-0.2, 0) is 16.1 Å². The minimum atomic E-state index is -0.608. The Morgan fingerprint density at radius 1 is 1.50 bits per heavy atom. The fraction of sp³-hybridized carbons (Fsp3) is 0.462. The molecule has 110 valence electrons. The van der Waals surface area contributed by atoms with E-state index in [0.29, 0.717) is 0 Å².